The quantitative estimate of drug-likeness (QED) is 0.220. The number of aliphatic carboxylic acids is 1. The molecule has 0 spiro atoms. The maximum atomic E-state index is 11.4. The molecule has 1 heterocycles. The molecule has 0 aliphatic heterocycles. The number of aromatic nitrogens is 1. The molecule has 2 rings (SSSR count). The zero-order valence-corrected chi connectivity index (χ0v) is 16.6. The molecule has 0 saturated heterocycles. The Bertz CT molecular complexity index is 822. The number of primary amides is 1. The highest BCUT2D eigenvalue weighted by atomic mass is 32.1. The Labute approximate surface area is 174 Å². The minimum Gasteiger partial charge on any atom is -0.480 e. The summed E-state index contributed by atoms with van der Waals surface area (Å²) in [6, 6.07) is 11.7. The molecule has 156 valence electrons. The Morgan fingerprint density at radius 1 is 1.21 bits per heavy atom. The number of thiol groups is 1. The van der Waals surface area contributed by atoms with Crippen LogP contribution in [-0.4, -0.2) is 46.3 Å². The molecule has 7 N–H and O–H groups in total. The van der Waals surface area contributed by atoms with Crippen LogP contribution in [0.4, 0.5) is 5.69 Å². The smallest absolute Gasteiger partial charge is 0.324 e. The van der Waals surface area contributed by atoms with E-state index >= 15 is 0 Å². The number of anilines is 1. The topological polar surface area (TPSA) is 153 Å². The van der Waals surface area contributed by atoms with Crippen molar-refractivity contribution in [2.75, 3.05) is 17.6 Å². The summed E-state index contributed by atoms with van der Waals surface area (Å²) in [6.45, 7) is 0.427. The second kappa shape index (κ2) is 11.2. The first-order valence-electron chi connectivity index (χ1n) is 9.01. The third-order valence-corrected chi connectivity index (χ3v) is 4.46. The highest BCUT2D eigenvalue weighted by Gasteiger charge is 2.20. The van der Waals surface area contributed by atoms with Crippen LogP contribution < -0.4 is 27.1 Å². The molecular weight excluding hydrogens is 394 g/mol. The first-order chi connectivity index (χ1) is 13.9. The molecule has 2 aromatic rings. The number of carbonyl (C=O) groups excluding carboxylic acids is 1. The molecule has 0 saturated carbocycles. The number of carbonyl (C=O) groups is 2. The van der Waals surface area contributed by atoms with Crippen molar-refractivity contribution in [3.05, 3.63) is 42.5 Å². The fraction of sp³-hybridized carbons (Fsp3) is 0.316. The van der Waals surface area contributed by atoms with Gasteiger partial charge >= 0.3 is 5.97 Å². The molecular formula is C19H25N5O4S. The van der Waals surface area contributed by atoms with Crippen LogP contribution in [0.2, 0.25) is 0 Å². The third-order valence-electron chi connectivity index (χ3n) is 3.99. The molecule has 1 aromatic carbocycles. The van der Waals surface area contributed by atoms with Gasteiger partial charge < -0.3 is 26.7 Å². The second-order valence-corrected chi connectivity index (χ2v) is 6.72. The Hall–Kier alpha value is -2.82. The van der Waals surface area contributed by atoms with Crippen LogP contribution in [-0.2, 0) is 9.59 Å². The van der Waals surface area contributed by atoms with Gasteiger partial charge in [0, 0.05) is 30.3 Å². The van der Waals surface area contributed by atoms with Crippen LogP contribution >= 0.6 is 12.6 Å². The van der Waals surface area contributed by atoms with Crippen LogP contribution in [0.1, 0.15) is 12.8 Å². The van der Waals surface area contributed by atoms with E-state index in [1.165, 1.54) is 0 Å². The van der Waals surface area contributed by atoms with E-state index in [-0.39, 0.29) is 24.8 Å². The lowest BCUT2D eigenvalue weighted by molar-refractivity contribution is -0.142. The maximum absolute atomic E-state index is 11.4. The van der Waals surface area contributed by atoms with Crippen molar-refractivity contribution in [1.29, 1.82) is 0 Å². The number of amides is 1. The van der Waals surface area contributed by atoms with Crippen molar-refractivity contribution in [3.8, 4) is 17.1 Å². The van der Waals surface area contributed by atoms with E-state index in [1.54, 1.807) is 6.07 Å². The van der Waals surface area contributed by atoms with Crippen molar-refractivity contribution in [1.82, 2.24) is 10.5 Å². The summed E-state index contributed by atoms with van der Waals surface area (Å²) in [6.07, 6.45) is -0.108. The molecule has 0 bridgehead atoms. The highest BCUT2D eigenvalue weighted by Crippen LogP contribution is 2.27. The van der Waals surface area contributed by atoms with E-state index in [0.717, 1.165) is 5.56 Å². The van der Waals surface area contributed by atoms with E-state index in [2.05, 4.69) is 28.4 Å². The number of nitrogens with two attached hydrogens (primary N) is 2. The molecule has 1 unspecified atom stereocenters. The minimum absolute atomic E-state index is 0.0175. The first kappa shape index (κ1) is 22.5. The first-order valence-corrected chi connectivity index (χ1v) is 9.64. The van der Waals surface area contributed by atoms with Gasteiger partial charge in [-0.1, -0.05) is 30.3 Å². The number of nitrogens with one attached hydrogen (secondary N) is 2. The number of hydrogen-bond donors (Lipinski definition) is 6. The summed E-state index contributed by atoms with van der Waals surface area (Å²) in [5.74, 6) is -1.11. The van der Waals surface area contributed by atoms with Gasteiger partial charge in [0.1, 0.15) is 6.04 Å². The van der Waals surface area contributed by atoms with Gasteiger partial charge in [-0.15, -0.1) is 5.48 Å². The van der Waals surface area contributed by atoms with Crippen LogP contribution in [0, 0.1) is 0 Å². The number of nitrogens with zero attached hydrogens (tertiary/aromatic N) is 1. The molecule has 0 fully saturated rings. The highest BCUT2D eigenvalue weighted by molar-refractivity contribution is 7.80. The van der Waals surface area contributed by atoms with Gasteiger partial charge in [0.2, 0.25) is 5.91 Å². The molecule has 2 atom stereocenters. The van der Waals surface area contributed by atoms with E-state index in [0.29, 0.717) is 23.7 Å². The van der Waals surface area contributed by atoms with Gasteiger partial charge in [-0.05, 0) is 18.6 Å². The SMILES string of the molecule is NC(=O)CC[C@H](NOc1nc(-c2ccccc2)ccc1NCC(N)CS)C(=O)O. The molecule has 1 amide bonds. The molecule has 10 heteroatoms. The number of hydroxylamine groups is 1. The van der Waals surface area contributed by atoms with E-state index in [4.69, 9.17) is 16.3 Å². The Kier molecular flexibility index (Phi) is 8.71. The van der Waals surface area contributed by atoms with Crippen LogP contribution in [0.15, 0.2) is 42.5 Å². The molecule has 0 radical (unpaired) electrons. The van der Waals surface area contributed by atoms with Crippen molar-refractivity contribution >= 4 is 30.2 Å². The van der Waals surface area contributed by atoms with Gasteiger partial charge in [0.25, 0.3) is 5.88 Å². The predicted molar refractivity (Wildman–Crippen MR) is 114 cm³/mol. The summed E-state index contributed by atoms with van der Waals surface area (Å²) in [5.41, 5.74) is 15.5. The van der Waals surface area contributed by atoms with Gasteiger partial charge in [-0.3, -0.25) is 9.59 Å². The zero-order chi connectivity index (χ0) is 21.2. The van der Waals surface area contributed by atoms with Crippen molar-refractivity contribution in [2.24, 2.45) is 11.5 Å². The van der Waals surface area contributed by atoms with Crippen LogP contribution in [0.5, 0.6) is 5.88 Å². The van der Waals surface area contributed by atoms with Crippen LogP contribution in [0.25, 0.3) is 11.3 Å². The average Bonchev–Trinajstić information content (AvgIpc) is 2.72. The molecule has 29 heavy (non-hydrogen) atoms. The largest absolute Gasteiger partial charge is 0.480 e. The number of benzene rings is 1. The number of carboxylic acid groups (broad SMARTS) is 1. The molecule has 0 aliphatic carbocycles. The normalized spacial score (nSPS) is 12.8. The number of carboxylic acids is 1. The van der Waals surface area contributed by atoms with Gasteiger partial charge in [-0.25, -0.2) is 4.98 Å². The summed E-state index contributed by atoms with van der Waals surface area (Å²) in [5, 5.41) is 12.4. The van der Waals surface area contributed by atoms with Crippen LogP contribution in [0.3, 0.4) is 0 Å². The summed E-state index contributed by atoms with van der Waals surface area (Å²) < 4.78 is 0. The predicted octanol–water partition coefficient (Wildman–Crippen LogP) is 1.02. The lowest BCUT2D eigenvalue weighted by Gasteiger charge is -2.18. The summed E-state index contributed by atoms with van der Waals surface area (Å²) in [4.78, 5) is 32.3. The molecule has 1 aromatic heterocycles. The van der Waals surface area contributed by atoms with Gasteiger partial charge in [0.15, 0.2) is 0 Å². The molecule has 9 nitrogen and oxygen atoms in total. The summed E-state index contributed by atoms with van der Waals surface area (Å²) >= 11 is 4.16. The zero-order valence-electron chi connectivity index (χ0n) is 15.7. The molecule has 0 aliphatic rings. The standard InChI is InChI=1S/C19H25N5O4S/c20-13(11-29)10-22-15-7-6-14(12-4-2-1-3-5-12)23-18(15)28-24-16(19(26)27)8-9-17(21)25/h1-7,13,16,22,24,29H,8-11,20H2,(H2,21,25)(H,26,27)/t13?,16-/m0/s1. The monoisotopic (exact) mass is 419 g/mol. The van der Waals surface area contributed by atoms with Crippen molar-refractivity contribution in [3.63, 3.8) is 0 Å². The van der Waals surface area contributed by atoms with Crippen molar-refractivity contribution in [2.45, 2.75) is 24.9 Å². The number of pyridine rings is 1. The van der Waals surface area contributed by atoms with Gasteiger partial charge in [0.05, 0.1) is 11.4 Å². The van der Waals surface area contributed by atoms with E-state index in [9.17, 15) is 14.7 Å². The Balaban J connectivity index is 2.21. The van der Waals surface area contributed by atoms with Gasteiger partial charge in [-0.2, -0.15) is 12.6 Å². The third kappa shape index (κ3) is 7.26. The van der Waals surface area contributed by atoms with E-state index in [1.807, 2.05) is 36.4 Å². The summed E-state index contributed by atoms with van der Waals surface area (Å²) in [7, 11) is 0. The second-order valence-electron chi connectivity index (χ2n) is 6.35. The fourth-order valence-corrected chi connectivity index (χ4v) is 2.50. The van der Waals surface area contributed by atoms with E-state index < -0.39 is 17.9 Å². The average molecular weight is 420 g/mol. The lowest BCUT2D eigenvalue weighted by atomic mass is 10.1. The number of rotatable bonds is 12. The Morgan fingerprint density at radius 3 is 2.55 bits per heavy atom. The maximum Gasteiger partial charge on any atom is 0.324 e. The lowest BCUT2D eigenvalue weighted by Crippen LogP contribution is -2.40. The Morgan fingerprint density at radius 2 is 1.93 bits per heavy atom. The number of hydrogen-bond acceptors (Lipinski definition) is 8. The van der Waals surface area contributed by atoms with Crippen molar-refractivity contribution < 1.29 is 19.5 Å². The minimum atomic E-state index is -1.17. The fourth-order valence-electron chi connectivity index (χ4n) is 2.37.